The second-order valence-corrected chi connectivity index (χ2v) is 3.62. The predicted molar refractivity (Wildman–Crippen MR) is 29.2 cm³/mol. The van der Waals surface area contributed by atoms with Crippen molar-refractivity contribution < 1.29 is 5.11 Å². The second kappa shape index (κ2) is 0.860. The number of aliphatic hydroxyl groups excluding tert-OH is 1. The number of aliphatic hydroxyl groups is 1. The van der Waals surface area contributed by atoms with Crippen LogP contribution in [0.4, 0.5) is 0 Å². The van der Waals surface area contributed by atoms with E-state index in [0.29, 0.717) is 0 Å². The molecule has 1 heteroatoms. The average molecular weight is 110 g/mol. The monoisotopic (exact) mass is 110 g/mol. The first-order valence-corrected chi connectivity index (χ1v) is 3.56. The van der Waals surface area contributed by atoms with Crippen molar-refractivity contribution in [3.63, 3.8) is 0 Å². The zero-order chi connectivity index (χ0) is 5.30. The van der Waals surface area contributed by atoms with Crippen LogP contribution in [0.3, 0.4) is 0 Å². The van der Waals surface area contributed by atoms with Crippen LogP contribution in [0.15, 0.2) is 0 Å². The lowest BCUT2D eigenvalue weighted by atomic mass is 9.75. The highest BCUT2D eigenvalue weighted by atomic mass is 16.3. The highest BCUT2D eigenvalue weighted by Gasteiger charge is 2.66. The molecule has 0 radical (unpaired) electrons. The zero-order valence-corrected chi connectivity index (χ0v) is 4.75. The number of hydrogen-bond donors (Lipinski definition) is 1. The standard InChI is InChI=1S/C7H10O/c8-7-5-2-6(7)4-1-3(4)5/h3-8H,1-2H2/t3-,4+,5-,6+,7?. The maximum atomic E-state index is 9.25. The van der Waals surface area contributed by atoms with Gasteiger partial charge in [0.25, 0.3) is 0 Å². The van der Waals surface area contributed by atoms with Crippen LogP contribution in [0.1, 0.15) is 12.8 Å². The van der Waals surface area contributed by atoms with E-state index in [0.717, 1.165) is 23.7 Å². The van der Waals surface area contributed by atoms with Gasteiger partial charge in [0.1, 0.15) is 0 Å². The molecule has 0 aromatic carbocycles. The maximum absolute atomic E-state index is 9.25. The summed E-state index contributed by atoms with van der Waals surface area (Å²) in [7, 11) is 0. The number of rotatable bonds is 0. The van der Waals surface area contributed by atoms with Crippen molar-refractivity contribution in [2.45, 2.75) is 18.9 Å². The lowest BCUT2D eigenvalue weighted by Crippen LogP contribution is -2.37. The molecule has 5 atom stereocenters. The SMILES string of the molecule is OC1[C@H]2C[C@@H]1[C@@H]1C[C@@H]12. The smallest absolute Gasteiger partial charge is 0.0602 e. The van der Waals surface area contributed by atoms with Crippen molar-refractivity contribution in [1.82, 2.24) is 0 Å². The van der Waals surface area contributed by atoms with Gasteiger partial charge in [0.15, 0.2) is 0 Å². The minimum Gasteiger partial charge on any atom is -0.393 e. The van der Waals surface area contributed by atoms with E-state index in [2.05, 4.69) is 0 Å². The third kappa shape index (κ3) is 0.218. The quantitative estimate of drug-likeness (QED) is 0.485. The van der Waals surface area contributed by atoms with Gasteiger partial charge in [-0.15, -0.1) is 0 Å². The Balaban J connectivity index is 2.01. The molecule has 0 aliphatic heterocycles. The summed E-state index contributed by atoms with van der Waals surface area (Å²) >= 11 is 0. The highest BCUT2D eigenvalue weighted by Crippen LogP contribution is 2.69. The third-order valence-electron chi connectivity index (χ3n) is 3.41. The molecule has 4 saturated carbocycles. The van der Waals surface area contributed by atoms with Gasteiger partial charge in [-0.05, 0) is 36.5 Å². The van der Waals surface area contributed by atoms with Crippen LogP contribution < -0.4 is 0 Å². The highest BCUT2D eigenvalue weighted by molar-refractivity contribution is 5.15. The van der Waals surface area contributed by atoms with Crippen molar-refractivity contribution in [3.05, 3.63) is 0 Å². The van der Waals surface area contributed by atoms with Gasteiger partial charge in [-0.2, -0.15) is 0 Å². The van der Waals surface area contributed by atoms with Gasteiger partial charge in [-0.25, -0.2) is 0 Å². The molecule has 8 heavy (non-hydrogen) atoms. The summed E-state index contributed by atoms with van der Waals surface area (Å²) < 4.78 is 0. The molecule has 4 rings (SSSR count). The molecular weight excluding hydrogens is 100 g/mol. The molecule has 0 saturated heterocycles. The molecule has 4 aliphatic carbocycles. The Kier molecular flexibility index (Phi) is 0.418. The van der Waals surface area contributed by atoms with E-state index in [4.69, 9.17) is 0 Å². The summed E-state index contributed by atoms with van der Waals surface area (Å²) in [5, 5.41) is 9.25. The molecule has 0 spiro atoms. The molecule has 44 valence electrons. The lowest BCUT2D eigenvalue weighted by molar-refractivity contribution is -0.0168. The molecular formula is C7H10O. The van der Waals surface area contributed by atoms with Gasteiger partial charge in [0, 0.05) is 0 Å². The molecule has 0 heterocycles. The van der Waals surface area contributed by atoms with Crippen LogP contribution in [-0.4, -0.2) is 11.2 Å². The van der Waals surface area contributed by atoms with E-state index in [1.165, 1.54) is 12.8 Å². The first kappa shape index (κ1) is 3.89. The van der Waals surface area contributed by atoms with E-state index in [9.17, 15) is 5.11 Å². The van der Waals surface area contributed by atoms with Gasteiger partial charge < -0.3 is 5.11 Å². The van der Waals surface area contributed by atoms with Crippen LogP contribution in [0.25, 0.3) is 0 Å². The van der Waals surface area contributed by atoms with Crippen LogP contribution in [-0.2, 0) is 0 Å². The zero-order valence-electron chi connectivity index (χ0n) is 4.75. The third-order valence-corrected chi connectivity index (χ3v) is 3.41. The lowest BCUT2D eigenvalue weighted by Gasteiger charge is -2.34. The summed E-state index contributed by atoms with van der Waals surface area (Å²) in [6.45, 7) is 0. The molecule has 0 aromatic heterocycles. The maximum Gasteiger partial charge on any atom is 0.0602 e. The van der Waals surface area contributed by atoms with E-state index in [-0.39, 0.29) is 6.10 Å². The minimum absolute atomic E-state index is 0.138. The molecule has 2 bridgehead atoms. The fourth-order valence-corrected chi connectivity index (χ4v) is 2.79. The van der Waals surface area contributed by atoms with Gasteiger partial charge in [0.05, 0.1) is 6.10 Å². The van der Waals surface area contributed by atoms with Crippen molar-refractivity contribution >= 4 is 0 Å². The van der Waals surface area contributed by atoms with Gasteiger partial charge in [-0.3, -0.25) is 0 Å². The summed E-state index contributed by atoms with van der Waals surface area (Å²) in [4.78, 5) is 0. The Hall–Kier alpha value is -0.0400. The normalized spacial score (nSPS) is 73.9. The molecule has 1 N–H and O–H groups in total. The van der Waals surface area contributed by atoms with Gasteiger partial charge in [-0.1, -0.05) is 0 Å². The predicted octanol–water partition coefficient (Wildman–Crippen LogP) is 0.633. The Morgan fingerprint density at radius 2 is 1.38 bits per heavy atom. The fourth-order valence-electron chi connectivity index (χ4n) is 2.79. The molecule has 1 nitrogen and oxygen atoms in total. The molecule has 0 aromatic rings. The van der Waals surface area contributed by atoms with Crippen LogP contribution >= 0.6 is 0 Å². The van der Waals surface area contributed by atoms with E-state index >= 15 is 0 Å². The first-order chi connectivity index (χ1) is 3.88. The fraction of sp³-hybridized carbons (Fsp3) is 1.00. The van der Waals surface area contributed by atoms with Gasteiger partial charge >= 0.3 is 0 Å². The van der Waals surface area contributed by atoms with Crippen LogP contribution in [0.5, 0.6) is 0 Å². The van der Waals surface area contributed by atoms with E-state index < -0.39 is 0 Å². The van der Waals surface area contributed by atoms with Gasteiger partial charge in [0.2, 0.25) is 0 Å². The first-order valence-electron chi connectivity index (χ1n) is 3.56. The Bertz CT molecular complexity index is 125. The average Bonchev–Trinajstić information content (AvgIpc) is 2.36. The largest absolute Gasteiger partial charge is 0.393 e. The molecule has 4 fully saturated rings. The summed E-state index contributed by atoms with van der Waals surface area (Å²) in [6, 6.07) is 0. The molecule has 1 unspecified atom stereocenters. The van der Waals surface area contributed by atoms with Crippen molar-refractivity contribution in [2.24, 2.45) is 23.7 Å². The van der Waals surface area contributed by atoms with Crippen molar-refractivity contribution in [1.29, 1.82) is 0 Å². The molecule has 4 aliphatic rings. The Labute approximate surface area is 48.7 Å². The summed E-state index contributed by atoms with van der Waals surface area (Å²) in [5.41, 5.74) is 0. The molecule has 0 amide bonds. The van der Waals surface area contributed by atoms with Crippen LogP contribution in [0, 0.1) is 23.7 Å². The van der Waals surface area contributed by atoms with E-state index in [1.807, 2.05) is 0 Å². The van der Waals surface area contributed by atoms with Crippen molar-refractivity contribution in [3.8, 4) is 0 Å². The van der Waals surface area contributed by atoms with Crippen molar-refractivity contribution in [2.75, 3.05) is 0 Å². The number of hydrogen-bond acceptors (Lipinski definition) is 1. The summed E-state index contributed by atoms with van der Waals surface area (Å²) in [6.07, 6.45) is 2.95. The topological polar surface area (TPSA) is 20.2 Å². The second-order valence-electron chi connectivity index (χ2n) is 3.62. The van der Waals surface area contributed by atoms with Crippen LogP contribution in [0.2, 0.25) is 0 Å². The minimum atomic E-state index is 0.138. The Morgan fingerprint density at radius 1 is 0.875 bits per heavy atom. The Morgan fingerprint density at radius 3 is 1.62 bits per heavy atom. The van der Waals surface area contributed by atoms with E-state index in [1.54, 1.807) is 0 Å². The summed E-state index contributed by atoms with van der Waals surface area (Å²) in [5.74, 6) is 3.47.